The van der Waals surface area contributed by atoms with Crippen molar-refractivity contribution in [1.29, 1.82) is 0 Å². The molecule has 2 nitrogen and oxygen atoms in total. The zero-order valence-electron chi connectivity index (χ0n) is 8.18. The topological polar surface area (TPSA) is 22.1 Å². The average Bonchev–Trinajstić information content (AvgIpc) is 2.19. The fourth-order valence-corrected chi connectivity index (χ4v) is 1.32. The van der Waals surface area contributed by atoms with Crippen LogP contribution in [0.4, 0.5) is 13.2 Å². The average molecular weight is 274 g/mol. The zero-order valence-corrected chi connectivity index (χ0v) is 9.70. The molecular formula is C9H8Cl2F3NO. The minimum absolute atomic E-state index is 0.0103. The summed E-state index contributed by atoms with van der Waals surface area (Å²) in [6.07, 6.45) is -6.35. The van der Waals surface area contributed by atoms with E-state index in [0.29, 0.717) is 5.02 Å². The number of hydrogen-bond acceptors (Lipinski definition) is 2. The monoisotopic (exact) mass is 273 g/mol. The summed E-state index contributed by atoms with van der Waals surface area (Å²) < 4.78 is 41.2. The van der Waals surface area contributed by atoms with Crippen molar-refractivity contribution in [2.75, 3.05) is 0 Å². The molecule has 1 aromatic rings. The van der Waals surface area contributed by atoms with E-state index in [1.807, 2.05) is 0 Å². The van der Waals surface area contributed by atoms with Gasteiger partial charge < -0.3 is 4.74 Å². The van der Waals surface area contributed by atoms with Gasteiger partial charge in [-0.3, -0.25) is 0 Å². The van der Waals surface area contributed by atoms with Gasteiger partial charge in [-0.25, -0.2) is 4.98 Å². The molecule has 1 heterocycles. The molecule has 0 aromatic carbocycles. The van der Waals surface area contributed by atoms with E-state index in [-0.39, 0.29) is 17.5 Å². The van der Waals surface area contributed by atoms with Crippen molar-refractivity contribution in [3.8, 4) is 5.88 Å². The predicted octanol–water partition coefficient (Wildman–Crippen LogP) is 3.80. The van der Waals surface area contributed by atoms with Crippen LogP contribution in [0.1, 0.15) is 12.6 Å². The molecule has 1 aromatic heterocycles. The molecular weight excluding hydrogens is 266 g/mol. The fraction of sp³-hybridized carbons (Fsp3) is 0.444. The molecule has 7 heteroatoms. The smallest absolute Gasteiger partial charge is 0.425 e. The molecule has 16 heavy (non-hydrogen) atoms. The van der Waals surface area contributed by atoms with E-state index < -0.39 is 12.3 Å². The molecule has 0 fully saturated rings. The van der Waals surface area contributed by atoms with Gasteiger partial charge in [-0.05, 0) is 13.0 Å². The highest BCUT2D eigenvalue weighted by Gasteiger charge is 2.38. The van der Waals surface area contributed by atoms with Crippen molar-refractivity contribution in [2.45, 2.75) is 25.1 Å². The number of aromatic nitrogens is 1. The first-order chi connectivity index (χ1) is 7.34. The molecule has 0 radical (unpaired) electrons. The Morgan fingerprint density at radius 3 is 2.56 bits per heavy atom. The number of pyridine rings is 1. The molecule has 0 bridgehead atoms. The summed E-state index contributed by atoms with van der Waals surface area (Å²) in [7, 11) is 0. The predicted molar refractivity (Wildman–Crippen MR) is 54.9 cm³/mol. The third-order valence-corrected chi connectivity index (χ3v) is 2.38. The van der Waals surface area contributed by atoms with E-state index in [4.69, 9.17) is 23.2 Å². The molecule has 1 unspecified atom stereocenters. The van der Waals surface area contributed by atoms with E-state index in [9.17, 15) is 13.2 Å². The summed E-state index contributed by atoms with van der Waals surface area (Å²) >= 11 is 11.2. The highest BCUT2D eigenvalue weighted by molar-refractivity contribution is 6.32. The maximum atomic E-state index is 12.2. The standard InChI is InChI=1S/C9H8Cl2F3NO/c1-5(9(12,13)14)16-8-3-2-6(11)7(4-10)15-8/h2-3,5H,4H2,1H3. The summed E-state index contributed by atoms with van der Waals surface area (Å²) in [5, 5.41) is 0.294. The van der Waals surface area contributed by atoms with Gasteiger partial charge in [-0.2, -0.15) is 13.2 Å². The van der Waals surface area contributed by atoms with Gasteiger partial charge in [0.05, 0.1) is 16.6 Å². The molecule has 0 saturated carbocycles. The first kappa shape index (κ1) is 13.4. The van der Waals surface area contributed by atoms with Crippen LogP contribution in [0.5, 0.6) is 5.88 Å². The lowest BCUT2D eigenvalue weighted by Crippen LogP contribution is -2.31. The van der Waals surface area contributed by atoms with Gasteiger partial charge in [-0.15, -0.1) is 11.6 Å². The number of rotatable bonds is 3. The number of hydrogen-bond donors (Lipinski definition) is 0. The van der Waals surface area contributed by atoms with Gasteiger partial charge >= 0.3 is 6.18 Å². The van der Waals surface area contributed by atoms with Gasteiger partial charge in [0.25, 0.3) is 0 Å². The van der Waals surface area contributed by atoms with Gasteiger partial charge in [0.2, 0.25) is 5.88 Å². The Morgan fingerprint density at radius 1 is 1.44 bits per heavy atom. The van der Waals surface area contributed by atoms with Gasteiger partial charge in [0, 0.05) is 6.07 Å². The van der Waals surface area contributed by atoms with Crippen LogP contribution in [0.2, 0.25) is 5.02 Å². The number of ether oxygens (including phenoxy) is 1. The molecule has 1 atom stereocenters. The van der Waals surface area contributed by atoms with Crippen LogP contribution in [-0.4, -0.2) is 17.3 Å². The van der Waals surface area contributed by atoms with Crippen molar-refractivity contribution in [3.63, 3.8) is 0 Å². The molecule has 0 amide bonds. The highest BCUT2D eigenvalue weighted by atomic mass is 35.5. The summed E-state index contributed by atoms with van der Waals surface area (Å²) in [4.78, 5) is 3.76. The number of nitrogens with zero attached hydrogens (tertiary/aromatic N) is 1. The van der Waals surface area contributed by atoms with Crippen LogP contribution in [0, 0.1) is 0 Å². The summed E-state index contributed by atoms with van der Waals surface area (Å²) in [5.41, 5.74) is 0.287. The van der Waals surface area contributed by atoms with Crippen molar-refractivity contribution >= 4 is 23.2 Å². The van der Waals surface area contributed by atoms with E-state index in [1.165, 1.54) is 12.1 Å². The summed E-state index contributed by atoms with van der Waals surface area (Å²) in [5.74, 6) is -0.138. The molecule has 90 valence electrons. The van der Waals surface area contributed by atoms with Crippen LogP contribution in [-0.2, 0) is 5.88 Å². The first-order valence-corrected chi connectivity index (χ1v) is 5.20. The third kappa shape index (κ3) is 3.42. The third-order valence-electron chi connectivity index (χ3n) is 1.78. The van der Waals surface area contributed by atoms with Crippen molar-refractivity contribution in [3.05, 3.63) is 22.8 Å². The minimum Gasteiger partial charge on any atom is -0.465 e. The Hall–Kier alpha value is -0.680. The second kappa shape index (κ2) is 5.10. The molecule has 0 saturated heterocycles. The lowest BCUT2D eigenvalue weighted by molar-refractivity contribution is -0.190. The minimum atomic E-state index is -4.43. The molecule has 0 aliphatic carbocycles. The van der Waals surface area contributed by atoms with Crippen LogP contribution < -0.4 is 4.74 Å². The maximum absolute atomic E-state index is 12.2. The second-order valence-corrected chi connectivity index (χ2v) is 3.69. The Labute approximate surface area is 100 Å². The lowest BCUT2D eigenvalue weighted by atomic mass is 10.3. The quantitative estimate of drug-likeness (QED) is 0.782. The Kier molecular flexibility index (Phi) is 4.27. The Balaban J connectivity index is 2.82. The summed E-state index contributed by atoms with van der Waals surface area (Å²) in [6, 6.07) is 2.66. The molecule has 0 aliphatic rings. The zero-order chi connectivity index (χ0) is 12.3. The van der Waals surface area contributed by atoms with Crippen LogP contribution in [0.15, 0.2) is 12.1 Å². The fourth-order valence-electron chi connectivity index (χ4n) is 0.872. The summed E-state index contributed by atoms with van der Waals surface area (Å²) in [6.45, 7) is 0.899. The maximum Gasteiger partial charge on any atom is 0.425 e. The number of alkyl halides is 4. The first-order valence-electron chi connectivity index (χ1n) is 4.29. The molecule has 1 rings (SSSR count). The second-order valence-electron chi connectivity index (χ2n) is 3.01. The van der Waals surface area contributed by atoms with Gasteiger partial charge in [0.1, 0.15) is 0 Å². The van der Waals surface area contributed by atoms with E-state index in [2.05, 4.69) is 9.72 Å². The van der Waals surface area contributed by atoms with Gasteiger partial charge in [-0.1, -0.05) is 11.6 Å². The van der Waals surface area contributed by atoms with Gasteiger partial charge in [0.15, 0.2) is 6.10 Å². The normalized spacial score (nSPS) is 13.6. The van der Waals surface area contributed by atoms with Crippen LogP contribution in [0.25, 0.3) is 0 Å². The van der Waals surface area contributed by atoms with Crippen LogP contribution >= 0.6 is 23.2 Å². The largest absolute Gasteiger partial charge is 0.465 e. The number of halogens is 5. The van der Waals surface area contributed by atoms with Crippen LogP contribution in [0.3, 0.4) is 0 Å². The Morgan fingerprint density at radius 2 is 2.06 bits per heavy atom. The van der Waals surface area contributed by atoms with Crippen molar-refractivity contribution in [2.24, 2.45) is 0 Å². The molecule has 0 N–H and O–H groups in total. The van der Waals surface area contributed by atoms with E-state index >= 15 is 0 Å². The van der Waals surface area contributed by atoms with Crippen molar-refractivity contribution in [1.82, 2.24) is 4.98 Å². The van der Waals surface area contributed by atoms with Crippen molar-refractivity contribution < 1.29 is 17.9 Å². The highest BCUT2D eigenvalue weighted by Crippen LogP contribution is 2.25. The molecule has 0 spiro atoms. The SMILES string of the molecule is CC(Oc1ccc(Cl)c(CCl)n1)C(F)(F)F. The van der Waals surface area contributed by atoms with E-state index in [0.717, 1.165) is 6.92 Å². The van der Waals surface area contributed by atoms with E-state index in [1.54, 1.807) is 0 Å². The Bertz CT molecular complexity index is 370. The molecule has 0 aliphatic heterocycles. The lowest BCUT2D eigenvalue weighted by Gasteiger charge is -2.17.